The van der Waals surface area contributed by atoms with Crippen molar-refractivity contribution in [3.05, 3.63) is 206 Å². The second-order valence-electron chi connectivity index (χ2n) is 15.9. The molecule has 60 heavy (non-hydrogen) atoms. The van der Waals surface area contributed by atoms with Crippen molar-refractivity contribution in [1.82, 2.24) is 0 Å². The molecule has 0 atom stereocenters. The average Bonchev–Trinajstić information content (AvgIpc) is 3.87. The zero-order chi connectivity index (χ0) is 39.3. The molecule has 0 saturated heterocycles. The van der Waals surface area contributed by atoms with Crippen LogP contribution < -0.4 is 0 Å². The van der Waals surface area contributed by atoms with E-state index in [0.717, 1.165) is 0 Å². The van der Waals surface area contributed by atoms with E-state index < -0.39 is 0 Å². The molecule has 0 aliphatic carbocycles. The maximum atomic E-state index is 2.51. The van der Waals surface area contributed by atoms with E-state index >= 15 is 0 Å². The topological polar surface area (TPSA) is 0 Å². The summed E-state index contributed by atoms with van der Waals surface area (Å²) < 4.78 is 5.58. The number of hydrogen-bond donors (Lipinski definition) is 0. The summed E-state index contributed by atoms with van der Waals surface area (Å²) in [6.07, 6.45) is 0. The Morgan fingerprint density at radius 2 is 0.633 bits per heavy atom. The second kappa shape index (κ2) is 13.4. The van der Waals surface area contributed by atoms with Crippen LogP contribution in [0.5, 0.6) is 0 Å². The van der Waals surface area contributed by atoms with Crippen LogP contribution in [0.3, 0.4) is 0 Å². The normalized spacial score (nSPS) is 12.0. The van der Waals surface area contributed by atoms with Gasteiger partial charge in [0.2, 0.25) is 0 Å². The summed E-state index contributed by atoms with van der Waals surface area (Å²) in [6, 6.07) is 77.3. The van der Waals surface area contributed by atoms with Crippen molar-refractivity contribution < 1.29 is 0 Å². The van der Waals surface area contributed by atoms with Gasteiger partial charge in [0.25, 0.3) is 0 Å². The van der Waals surface area contributed by atoms with E-state index in [2.05, 4.69) is 206 Å². The first-order valence-corrected chi connectivity index (χ1v) is 23.1. The molecule has 2 heteroatoms. The van der Waals surface area contributed by atoms with Gasteiger partial charge < -0.3 is 0 Å². The fourth-order valence-corrected chi connectivity index (χ4v) is 13.6. The molecule has 0 N–H and O–H groups in total. The van der Waals surface area contributed by atoms with Crippen molar-refractivity contribution in [2.75, 3.05) is 0 Å². The van der Waals surface area contributed by atoms with E-state index in [4.69, 9.17) is 0 Å². The van der Waals surface area contributed by atoms with Crippen molar-refractivity contribution in [2.45, 2.75) is 0 Å². The second-order valence-corrected chi connectivity index (χ2v) is 19.2. The molecule has 0 spiro atoms. The Hall–Kier alpha value is -6.80. The molecule has 0 aliphatic heterocycles. The monoisotopic (exact) mass is 842 g/mol. The van der Waals surface area contributed by atoms with Crippen molar-refractivity contribution in [3.8, 4) is 44.5 Å². The molecule has 0 aliphatic rings. The third kappa shape index (κ3) is 5.09. The van der Waals surface area contributed by atoms with Gasteiger partial charge in [-0.05, 0) is 6.07 Å². The molecule has 2 aromatic heterocycles. The van der Waals surface area contributed by atoms with E-state index in [0.29, 0.717) is 0 Å². The predicted molar refractivity (Wildman–Crippen MR) is 263 cm³/mol. The molecule has 0 radical (unpaired) electrons. The average molecular weight is 842 g/mol. The van der Waals surface area contributed by atoms with Gasteiger partial charge in [0.1, 0.15) is 0 Å². The summed E-state index contributed by atoms with van der Waals surface area (Å²) in [5, 5.41) is 15.8. The molecule has 0 nitrogen and oxygen atoms in total. The zero-order valence-electron chi connectivity index (χ0n) is 32.4. The van der Waals surface area contributed by atoms with Crippen molar-refractivity contribution in [3.63, 3.8) is 0 Å². The quantitative estimate of drug-likeness (QED) is 0.122. The molecule has 0 fully saturated rings. The van der Waals surface area contributed by atoms with Crippen LogP contribution in [0.15, 0.2) is 206 Å². The van der Waals surface area contributed by atoms with Gasteiger partial charge in [0.15, 0.2) is 0 Å². The number of fused-ring (bicyclic) bond motifs is 10. The minimum atomic E-state index is 0.200. The number of rotatable bonds is 4. The van der Waals surface area contributed by atoms with Gasteiger partial charge in [-0.3, -0.25) is 0 Å². The Morgan fingerprint density at radius 1 is 0.233 bits per heavy atom. The minimum absolute atomic E-state index is 0.200. The fraction of sp³-hybridized carbons (Fsp3) is 0. The maximum absolute atomic E-state index is 2.51. The van der Waals surface area contributed by atoms with Crippen molar-refractivity contribution >= 4 is 108 Å². The third-order valence-electron chi connectivity index (χ3n) is 12.6. The molecule has 11 aromatic carbocycles. The van der Waals surface area contributed by atoms with Crippen LogP contribution in [0.25, 0.3) is 127 Å². The van der Waals surface area contributed by atoms with Gasteiger partial charge in [0, 0.05) is 0 Å². The molecular formula is C58H34SSe. The molecule has 13 aromatic rings. The summed E-state index contributed by atoms with van der Waals surface area (Å²) in [5.74, 6) is 0. The van der Waals surface area contributed by atoms with Crippen LogP contribution in [0.1, 0.15) is 0 Å². The van der Waals surface area contributed by atoms with E-state index in [1.54, 1.807) is 0 Å². The number of hydrogen-bond acceptors (Lipinski definition) is 1. The van der Waals surface area contributed by atoms with Crippen LogP contribution in [0.2, 0.25) is 0 Å². The molecule has 0 saturated carbocycles. The molecule has 2 heterocycles. The Kier molecular flexibility index (Phi) is 7.59. The summed E-state index contributed by atoms with van der Waals surface area (Å²) in [5.41, 5.74) is 10.3. The van der Waals surface area contributed by atoms with Crippen LogP contribution >= 0.6 is 11.3 Å². The molecule has 13 rings (SSSR count). The summed E-state index contributed by atoms with van der Waals surface area (Å²) in [4.78, 5) is 0. The number of benzene rings is 11. The van der Waals surface area contributed by atoms with Crippen molar-refractivity contribution in [1.29, 1.82) is 0 Å². The third-order valence-corrected chi connectivity index (χ3v) is 16.2. The van der Waals surface area contributed by atoms with Gasteiger partial charge in [0.05, 0.1) is 0 Å². The SMILES string of the molecule is c1ccc(-c2c3ccccc3c(-c3ccc4[se]c5cc(-c6c7ccccc7c(-c7ccc8c(c7)sc7ccccc78)c7ccccc67)ccc5c4c3)c3ccccc23)cc1. The number of thiophene rings is 1. The Bertz CT molecular complexity index is 3770. The van der Waals surface area contributed by atoms with Gasteiger partial charge in [-0.15, -0.1) is 0 Å². The predicted octanol–water partition coefficient (Wildman–Crippen LogP) is 16.7. The Labute approximate surface area is 357 Å². The first-order chi connectivity index (χ1) is 29.8. The van der Waals surface area contributed by atoms with Crippen molar-refractivity contribution in [2.24, 2.45) is 0 Å². The van der Waals surface area contributed by atoms with E-state index in [9.17, 15) is 0 Å². The zero-order valence-corrected chi connectivity index (χ0v) is 35.0. The van der Waals surface area contributed by atoms with Gasteiger partial charge in [-0.25, -0.2) is 0 Å². The van der Waals surface area contributed by atoms with Crippen LogP contribution in [0.4, 0.5) is 0 Å². The first kappa shape index (κ1) is 34.1. The summed E-state index contributed by atoms with van der Waals surface area (Å²) in [6.45, 7) is 0. The van der Waals surface area contributed by atoms with E-state index in [1.165, 1.54) is 127 Å². The van der Waals surface area contributed by atoms with Crippen LogP contribution in [-0.4, -0.2) is 14.5 Å². The van der Waals surface area contributed by atoms with Crippen LogP contribution in [-0.2, 0) is 0 Å². The molecule has 0 unspecified atom stereocenters. The summed E-state index contributed by atoms with van der Waals surface area (Å²) in [7, 11) is 0. The summed E-state index contributed by atoms with van der Waals surface area (Å²) >= 11 is 2.09. The first-order valence-electron chi connectivity index (χ1n) is 20.6. The van der Waals surface area contributed by atoms with E-state index in [1.807, 2.05) is 11.3 Å². The standard InChI is InChI=1S/C58H34SSe/c1-2-14-35(15-3-1)55-42-17-4-6-19-44(42)56(45-20-7-5-18-43(45)55)36-28-31-53-50(32-36)41-30-27-38(34-54(41)60-53)58-48-23-10-8-21-46(48)57(47-22-9-11-24-49(47)58)37-26-29-40-39-16-12-13-25-51(39)59-52(40)33-37/h1-34H. The molecule has 278 valence electrons. The molecular weight excluding hydrogens is 808 g/mol. The Balaban J connectivity index is 0.994. The van der Waals surface area contributed by atoms with Gasteiger partial charge in [-0.2, -0.15) is 0 Å². The van der Waals surface area contributed by atoms with Gasteiger partial charge in [-0.1, -0.05) is 18.2 Å². The Morgan fingerprint density at radius 3 is 1.18 bits per heavy atom. The molecule has 0 bridgehead atoms. The van der Waals surface area contributed by atoms with Crippen LogP contribution in [0, 0.1) is 0 Å². The fourth-order valence-electron chi connectivity index (χ4n) is 10.1. The molecule has 0 amide bonds. The van der Waals surface area contributed by atoms with E-state index in [-0.39, 0.29) is 14.5 Å². The van der Waals surface area contributed by atoms with Gasteiger partial charge >= 0.3 is 335 Å².